The molecule has 2 aromatic rings. The highest BCUT2D eigenvalue weighted by Crippen LogP contribution is 2.04. The van der Waals surface area contributed by atoms with Crippen molar-refractivity contribution in [3.63, 3.8) is 0 Å². The fourth-order valence-electron chi connectivity index (χ4n) is 2.03. The van der Waals surface area contributed by atoms with Crippen LogP contribution in [0.1, 0.15) is 21.6 Å². The maximum Gasteiger partial charge on any atom is 0.271 e. The Morgan fingerprint density at radius 2 is 1.87 bits per heavy atom. The van der Waals surface area contributed by atoms with E-state index in [0.29, 0.717) is 13.1 Å². The van der Waals surface area contributed by atoms with Crippen molar-refractivity contribution in [2.75, 3.05) is 27.2 Å². The molecule has 0 fully saturated rings. The van der Waals surface area contributed by atoms with Crippen molar-refractivity contribution >= 4 is 5.91 Å². The molecule has 1 amide bonds. The van der Waals surface area contributed by atoms with Crippen LogP contribution in [0, 0.1) is 6.92 Å². The Morgan fingerprint density at radius 3 is 2.52 bits per heavy atom. The van der Waals surface area contributed by atoms with Gasteiger partial charge in [-0.15, -0.1) is 0 Å². The van der Waals surface area contributed by atoms with Gasteiger partial charge in [0.2, 0.25) is 0 Å². The second kappa shape index (κ2) is 7.69. The quantitative estimate of drug-likeness (QED) is 0.860. The summed E-state index contributed by atoms with van der Waals surface area (Å²) in [5.74, 6) is -0.274. The molecule has 0 aliphatic carbocycles. The standard InChI is InChI=1S/C17H22N4O2/c1-13-4-6-14(7-5-13)12-21-16(22)9-8-15(19-21)17(23)18-10-11-20(2)3/h4-9H,10-12H2,1-3H3,(H,18,23). The Hall–Kier alpha value is -2.47. The van der Waals surface area contributed by atoms with Crippen molar-refractivity contribution in [2.45, 2.75) is 13.5 Å². The molecule has 0 saturated heterocycles. The minimum atomic E-state index is -0.274. The summed E-state index contributed by atoms with van der Waals surface area (Å²) in [6.45, 7) is 3.63. The van der Waals surface area contributed by atoms with E-state index >= 15 is 0 Å². The van der Waals surface area contributed by atoms with Crippen LogP contribution in [0.4, 0.5) is 0 Å². The molecule has 0 bridgehead atoms. The van der Waals surface area contributed by atoms with E-state index < -0.39 is 0 Å². The van der Waals surface area contributed by atoms with Gasteiger partial charge in [-0.3, -0.25) is 9.59 Å². The number of rotatable bonds is 6. The van der Waals surface area contributed by atoms with E-state index in [1.807, 2.05) is 50.2 Å². The summed E-state index contributed by atoms with van der Waals surface area (Å²) < 4.78 is 1.31. The molecule has 0 aliphatic rings. The van der Waals surface area contributed by atoms with E-state index in [1.54, 1.807) is 0 Å². The van der Waals surface area contributed by atoms with Gasteiger partial charge < -0.3 is 10.2 Å². The van der Waals surface area contributed by atoms with Crippen LogP contribution in [0.3, 0.4) is 0 Å². The van der Waals surface area contributed by atoms with Gasteiger partial charge in [0, 0.05) is 19.2 Å². The summed E-state index contributed by atoms with van der Waals surface area (Å²) in [5, 5.41) is 6.96. The highest BCUT2D eigenvalue weighted by atomic mass is 16.2. The van der Waals surface area contributed by atoms with E-state index in [-0.39, 0.29) is 17.2 Å². The number of nitrogens with one attached hydrogen (secondary N) is 1. The molecule has 122 valence electrons. The van der Waals surface area contributed by atoms with E-state index in [2.05, 4.69) is 10.4 Å². The molecule has 6 nitrogen and oxygen atoms in total. The van der Waals surface area contributed by atoms with Gasteiger partial charge in [0.25, 0.3) is 11.5 Å². The zero-order chi connectivity index (χ0) is 16.8. The van der Waals surface area contributed by atoms with Gasteiger partial charge in [-0.2, -0.15) is 5.10 Å². The third-order valence-electron chi connectivity index (χ3n) is 3.40. The predicted molar refractivity (Wildman–Crippen MR) is 89.7 cm³/mol. The van der Waals surface area contributed by atoms with Crippen molar-refractivity contribution in [2.24, 2.45) is 0 Å². The Bertz CT molecular complexity index is 720. The maximum absolute atomic E-state index is 12.1. The van der Waals surface area contributed by atoms with Crippen LogP contribution in [0.5, 0.6) is 0 Å². The summed E-state index contributed by atoms with van der Waals surface area (Å²) in [7, 11) is 3.87. The largest absolute Gasteiger partial charge is 0.349 e. The van der Waals surface area contributed by atoms with Gasteiger partial charge >= 0.3 is 0 Å². The van der Waals surface area contributed by atoms with Crippen LogP contribution in [-0.2, 0) is 6.54 Å². The van der Waals surface area contributed by atoms with Crippen molar-refractivity contribution in [3.05, 3.63) is 63.6 Å². The molecule has 0 saturated carbocycles. The molecule has 0 aliphatic heterocycles. The second-order valence-corrected chi connectivity index (χ2v) is 5.76. The molecule has 1 N–H and O–H groups in total. The number of benzene rings is 1. The molecule has 2 rings (SSSR count). The summed E-state index contributed by atoms with van der Waals surface area (Å²) in [6, 6.07) is 10.7. The molecular weight excluding hydrogens is 292 g/mol. The van der Waals surface area contributed by atoms with Crippen molar-refractivity contribution in [1.82, 2.24) is 20.0 Å². The number of amides is 1. The monoisotopic (exact) mass is 314 g/mol. The molecule has 0 atom stereocenters. The first-order valence-corrected chi connectivity index (χ1v) is 7.52. The van der Waals surface area contributed by atoms with Crippen LogP contribution in [-0.4, -0.2) is 47.8 Å². The van der Waals surface area contributed by atoms with Gasteiger partial charge in [0.05, 0.1) is 6.54 Å². The molecule has 1 heterocycles. The van der Waals surface area contributed by atoms with Crippen LogP contribution >= 0.6 is 0 Å². The lowest BCUT2D eigenvalue weighted by atomic mass is 10.1. The van der Waals surface area contributed by atoms with E-state index in [9.17, 15) is 9.59 Å². The molecule has 23 heavy (non-hydrogen) atoms. The fraction of sp³-hybridized carbons (Fsp3) is 0.353. The lowest BCUT2D eigenvalue weighted by Crippen LogP contribution is -2.33. The van der Waals surface area contributed by atoms with E-state index in [0.717, 1.165) is 17.7 Å². The molecule has 1 aromatic carbocycles. The summed E-state index contributed by atoms with van der Waals surface area (Å²) in [4.78, 5) is 26.0. The minimum Gasteiger partial charge on any atom is -0.349 e. The van der Waals surface area contributed by atoms with Gasteiger partial charge in [-0.25, -0.2) is 4.68 Å². The third-order valence-corrected chi connectivity index (χ3v) is 3.40. The van der Waals surface area contributed by atoms with Crippen molar-refractivity contribution in [3.8, 4) is 0 Å². The zero-order valence-electron chi connectivity index (χ0n) is 13.7. The van der Waals surface area contributed by atoms with E-state index in [1.165, 1.54) is 16.8 Å². The summed E-state index contributed by atoms with van der Waals surface area (Å²) in [5.41, 5.74) is 2.14. The number of likely N-dealkylation sites (N-methyl/N-ethyl adjacent to an activating group) is 1. The smallest absolute Gasteiger partial charge is 0.271 e. The van der Waals surface area contributed by atoms with E-state index in [4.69, 9.17) is 0 Å². The molecule has 6 heteroatoms. The predicted octanol–water partition coefficient (Wildman–Crippen LogP) is 0.891. The van der Waals surface area contributed by atoms with Crippen molar-refractivity contribution < 1.29 is 4.79 Å². The van der Waals surface area contributed by atoms with Crippen LogP contribution in [0.25, 0.3) is 0 Å². The Balaban J connectivity index is 2.10. The number of nitrogens with zero attached hydrogens (tertiary/aromatic N) is 3. The highest BCUT2D eigenvalue weighted by molar-refractivity contribution is 5.91. The Kier molecular flexibility index (Phi) is 5.65. The fourth-order valence-corrected chi connectivity index (χ4v) is 2.03. The first kappa shape index (κ1) is 16.9. The molecular formula is C17H22N4O2. The number of hydrogen-bond acceptors (Lipinski definition) is 4. The normalized spacial score (nSPS) is 10.8. The first-order chi connectivity index (χ1) is 11.0. The number of carbonyl (C=O) groups excluding carboxylic acids is 1. The van der Waals surface area contributed by atoms with Crippen LogP contribution < -0.4 is 10.9 Å². The minimum absolute atomic E-state index is 0.226. The molecule has 1 aromatic heterocycles. The number of carbonyl (C=O) groups is 1. The third kappa shape index (κ3) is 5.03. The first-order valence-electron chi connectivity index (χ1n) is 7.52. The van der Waals surface area contributed by atoms with Gasteiger partial charge in [-0.1, -0.05) is 29.8 Å². The molecule has 0 radical (unpaired) electrons. The number of aryl methyl sites for hydroxylation is 1. The highest BCUT2D eigenvalue weighted by Gasteiger charge is 2.09. The second-order valence-electron chi connectivity index (χ2n) is 5.76. The van der Waals surface area contributed by atoms with Crippen LogP contribution in [0.15, 0.2) is 41.2 Å². The topological polar surface area (TPSA) is 67.2 Å². The zero-order valence-corrected chi connectivity index (χ0v) is 13.7. The van der Waals surface area contributed by atoms with Gasteiger partial charge in [0.15, 0.2) is 0 Å². The number of aromatic nitrogens is 2. The SMILES string of the molecule is Cc1ccc(Cn2nc(C(=O)NCCN(C)C)ccc2=O)cc1. The maximum atomic E-state index is 12.1. The van der Waals surface area contributed by atoms with Gasteiger partial charge in [-0.05, 0) is 32.6 Å². The Labute approximate surface area is 135 Å². The average molecular weight is 314 g/mol. The van der Waals surface area contributed by atoms with Gasteiger partial charge in [0.1, 0.15) is 5.69 Å². The Morgan fingerprint density at radius 1 is 1.17 bits per heavy atom. The number of hydrogen-bond donors (Lipinski definition) is 1. The lowest BCUT2D eigenvalue weighted by molar-refractivity contribution is 0.0943. The van der Waals surface area contributed by atoms with Crippen LogP contribution in [0.2, 0.25) is 0 Å². The average Bonchev–Trinajstić information content (AvgIpc) is 2.51. The molecule has 0 unspecified atom stereocenters. The van der Waals surface area contributed by atoms with Crippen molar-refractivity contribution in [1.29, 1.82) is 0 Å². The molecule has 0 spiro atoms. The summed E-state index contributed by atoms with van der Waals surface area (Å²) >= 11 is 0. The summed E-state index contributed by atoms with van der Waals surface area (Å²) in [6.07, 6.45) is 0. The lowest BCUT2D eigenvalue weighted by Gasteiger charge is -2.11.